The molecule has 0 aromatic carbocycles. The Morgan fingerprint density at radius 3 is 2.75 bits per heavy atom. The van der Waals surface area contributed by atoms with Crippen LogP contribution in [0.1, 0.15) is 6.42 Å². The molecule has 0 radical (unpaired) electrons. The van der Waals surface area contributed by atoms with E-state index >= 15 is 0 Å². The quantitative estimate of drug-likeness (QED) is 0.359. The molecule has 0 heterocycles. The molecule has 0 amide bonds. The number of carbonyl (C=O) groups excluding carboxylic acids is 1. The van der Waals surface area contributed by atoms with Crippen LogP contribution < -0.4 is 0 Å². The molecule has 0 aliphatic heterocycles. The van der Waals surface area contributed by atoms with Gasteiger partial charge in [-0.25, -0.2) is 0 Å². The molecule has 0 rings (SSSR count). The fourth-order valence-corrected chi connectivity index (χ4v) is 1.05. The lowest BCUT2D eigenvalue weighted by atomic mass is 10.5. The summed E-state index contributed by atoms with van der Waals surface area (Å²) in [5.41, 5.74) is 0. The molecule has 0 bridgehead atoms. The zero-order valence-electron chi connectivity index (χ0n) is 6.71. The fourth-order valence-electron chi connectivity index (χ4n) is 0.481. The summed E-state index contributed by atoms with van der Waals surface area (Å²) in [5.74, 6) is 5.73. The first kappa shape index (κ1) is 10.9. The molecule has 0 aromatic heterocycles. The van der Waals surface area contributed by atoms with Crippen LogP contribution in [0.15, 0.2) is 0 Å². The molecule has 0 saturated carbocycles. The van der Waals surface area contributed by atoms with Crippen molar-refractivity contribution in [3.63, 3.8) is 0 Å². The molecule has 0 aromatic rings. The first-order valence-electron chi connectivity index (χ1n) is 3.41. The lowest BCUT2D eigenvalue weighted by Gasteiger charge is -1.98. The average molecular weight is 182 g/mol. The highest BCUT2D eigenvalue weighted by atomic mass is 32.2. The van der Waals surface area contributed by atoms with Crippen molar-refractivity contribution < 1.29 is 9.53 Å². The molecule has 0 unspecified atom stereocenters. The van der Waals surface area contributed by atoms with Gasteiger partial charge in [0.05, 0.1) is 12.2 Å². The summed E-state index contributed by atoms with van der Waals surface area (Å²) in [7, 11) is 0. The highest BCUT2D eigenvalue weighted by Gasteiger charge is 1.99. The zero-order valence-corrected chi connectivity index (χ0v) is 7.52. The van der Waals surface area contributed by atoms with Gasteiger partial charge in [-0.1, -0.05) is 11.8 Å². The topological polar surface area (TPSA) is 26.3 Å². The van der Waals surface area contributed by atoms with E-state index in [4.69, 9.17) is 12.8 Å². The van der Waals surface area contributed by atoms with Crippen LogP contribution in [0, 0.1) is 24.7 Å². The van der Waals surface area contributed by atoms with Crippen LogP contribution in [0.4, 0.5) is 0 Å². The van der Waals surface area contributed by atoms with E-state index in [9.17, 15) is 4.79 Å². The minimum atomic E-state index is -0.266. The Morgan fingerprint density at radius 2 is 2.17 bits per heavy atom. The lowest BCUT2D eigenvalue weighted by Crippen LogP contribution is -2.05. The standard InChI is InChI=1S/C9H10O2S/c1-3-6-11-9(10)5-8-12-7-4-2/h1-2H,5-8H2. The van der Waals surface area contributed by atoms with Crippen LogP contribution in [0.3, 0.4) is 0 Å². The van der Waals surface area contributed by atoms with E-state index in [0.29, 0.717) is 17.9 Å². The van der Waals surface area contributed by atoms with Gasteiger partial charge in [-0.15, -0.1) is 24.6 Å². The number of thioether (sulfide) groups is 1. The normalized spacial score (nSPS) is 8.17. The Balaban J connectivity index is 3.22. The third kappa shape index (κ3) is 7.05. The van der Waals surface area contributed by atoms with Gasteiger partial charge in [0.1, 0.15) is 0 Å². The number of esters is 1. The Bertz CT molecular complexity index is 210. The van der Waals surface area contributed by atoms with E-state index in [1.165, 1.54) is 11.8 Å². The molecule has 2 nitrogen and oxygen atoms in total. The van der Waals surface area contributed by atoms with Gasteiger partial charge >= 0.3 is 5.97 Å². The third-order valence-electron chi connectivity index (χ3n) is 0.952. The Labute approximate surface area is 77.1 Å². The van der Waals surface area contributed by atoms with Crippen LogP contribution in [0.5, 0.6) is 0 Å². The maximum atomic E-state index is 10.8. The Hall–Kier alpha value is -1.06. The molecule has 0 N–H and O–H groups in total. The van der Waals surface area contributed by atoms with E-state index in [-0.39, 0.29) is 12.6 Å². The second-order valence-corrected chi connectivity index (χ2v) is 2.98. The van der Waals surface area contributed by atoms with Crippen molar-refractivity contribution in [2.75, 3.05) is 18.1 Å². The molecule has 0 atom stereocenters. The Morgan fingerprint density at radius 1 is 1.42 bits per heavy atom. The van der Waals surface area contributed by atoms with Crippen molar-refractivity contribution in [2.24, 2.45) is 0 Å². The number of hydrogen-bond donors (Lipinski definition) is 0. The zero-order chi connectivity index (χ0) is 9.23. The average Bonchev–Trinajstić information content (AvgIpc) is 2.09. The van der Waals surface area contributed by atoms with Crippen LogP contribution in [-0.2, 0) is 9.53 Å². The van der Waals surface area contributed by atoms with Gasteiger partial charge in [0.2, 0.25) is 0 Å². The SMILES string of the molecule is C#CCOC(=O)CCSCC#C. The van der Waals surface area contributed by atoms with E-state index in [1.807, 2.05) is 0 Å². The molecule has 3 heteroatoms. The summed E-state index contributed by atoms with van der Waals surface area (Å²) in [6.45, 7) is 0.0542. The lowest BCUT2D eigenvalue weighted by molar-refractivity contribution is -0.141. The highest BCUT2D eigenvalue weighted by molar-refractivity contribution is 7.99. The second-order valence-electron chi connectivity index (χ2n) is 1.87. The third-order valence-corrected chi connectivity index (χ3v) is 1.82. The van der Waals surface area contributed by atoms with Crippen molar-refractivity contribution in [3.05, 3.63) is 0 Å². The molecule has 0 fully saturated rings. The number of ether oxygens (including phenoxy) is 1. The molecular weight excluding hydrogens is 172 g/mol. The molecule has 0 aliphatic rings. The predicted octanol–water partition coefficient (Wildman–Crippen LogP) is 0.919. The predicted molar refractivity (Wildman–Crippen MR) is 50.6 cm³/mol. The van der Waals surface area contributed by atoms with Gasteiger partial charge < -0.3 is 4.74 Å². The van der Waals surface area contributed by atoms with Gasteiger partial charge in [0, 0.05) is 5.75 Å². The van der Waals surface area contributed by atoms with Crippen LogP contribution in [0.25, 0.3) is 0 Å². The van der Waals surface area contributed by atoms with Gasteiger partial charge in [0.15, 0.2) is 6.61 Å². The number of terminal acetylenes is 2. The van der Waals surface area contributed by atoms with E-state index < -0.39 is 0 Å². The van der Waals surface area contributed by atoms with Gasteiger partial charge in [0.25, 0.3) is 0 Å². The molecule has 0 spiro atoms. The maximum Gasteiger partial charge on any atom is 0.307 e. The van der Waals surface area contributed by atoms with Crippen LogP contribution in [0.2, 0.25) is 0 Å². The molecule has 12 heavy (non-hydrogen) atoms. The van der Waals surface area contributed by atoms with E-state index in [1.54, 1.807) is 0 Å². The highest BCUT2D eigenvalue weighted by Crippen LogP contribution is 2.01. The summed E-state index contributed by atoms with van der Waals surface area (Å²) in [6, 6.07) is 0. The Kier molecular flexibility index (Phi) is 7.33. The maximum absolute atomic E-state index is 10.8. The molecule has 64 valence electrons. The first-order chi connectivity index (χ1) is 5.81. The van der Waals surface area contributed by atoms with Gasteiger partial charge in [-0.05, 0) is 0 Å². The first-order valence-corrected chi connectivity index (χ1v) is 4.57. The van der Waals surface area contributed by atoms with Crippen molar-refractivity contribution >= 4 is 17.7 Å². The summed E-state index contributed by atoms with van der Waals surface area (Å²) < 4.78 is 4.63. The fraction of sp³-hybridized carbons (Fsp3) is 0.444. The second kappa shape index (κ2) is 8.04. The van der Waals surface area contributed by atoms with Crippen molar-refractivity contribution in [1.82, 2.24) is 0 Å². The van der Waals surface area contributed by atoms with Gasteiger partial charge in [-0.3, -0.25) is 4.79 Å². The number of rotatable bonds is 5. The summed E-state index contributed by atoms with van der Waals surface area (Å²) >= 11 is 1.53. The monoisotopic (exact) mass is 182 g/mol. The number of carbonyl (C=O) groups is 1. The van der Waals surface area contributed by atoms with Crippen molar-refractivity contribution in [3.8, 4) is 24.7 Å². The summed E-state index contributed by atoms with van der Waals surface area (Å²) in [6.07, 6.45) is 10.3. The smallest absolute Gasteiger partial charge is 0.307 e. The largest absolute Gasteiger partial charge is 0.452 e. The van der Waals surface area contributed by atoms with E-state index in [0.717, 1.165) is 0 Å². The van der Waals surface area contributed by atoms with Crippen molar-refractivity contribution in [1.29, 1.82) is 0 Å². The minimum Gasteiger partial charge on any atom is -0.452 e. The molecular formula is C9H10O2S. The van der Waals surface area contributed by atoms with Crippen LogP contribution >= 0.6 is 11.8 Å². The summed E-state index contributed by atoms with van der Waals surface area (Å²) in [5, 5.41) is 0. The summed E-state index contributed by atoms with van der Waals surface area (Å²) in [4.78, 5) is 10.8. The minimum absolute atomic E-state index is 0.0542. The molecule has 0 aliphatic carbocycles. The van der Waals surface area contributed by atoms with Gasteiger partial charge in [-0.2, -0.15) is 0 Å². The molecule has 0 saturated heterocycles. The number of hydrogen-bond acceptors (Lipinski definition) is 3. The van der Waals surface area contributed by atoms with Crippen LogP contribution in [-0.4, -0.2) is 24.1 Å². The van der Waals surface area contributed by atoms with E-state index in [2.05, 4.69) is 16.6 Å². The van der Waals surface area contributed by atoms with Crippen molar-refractivity contribution in [2.45, 2.75) is 6.42 Å².